The summed E-state index contributed by atoms with van der Waals surface area (Å²) in [5.74, 6) is -0.414. The lowest BCUT2D eigenvalue weighted by Crippen LogP contribution is -2.39. The number of hydrogen-bond donors (Lipinski definition) is 3. The smallest absolute Gasteiger partial charge is 0.318 e. The largest absolute Gasteiger partial charge is 0.351 e. The van der Waals surface area contributed by atoms with Crippen LogP contribution in [0, 0.1) is 0 Å². The number of ether oxygens (including phenoxy) is 1. The van der Waals surface area contributed by atoms with Crippen molar-refractivity contribution in [2.24, 2.45) is 0 Å². The van der Waals surface area contributed by atoms with Gasteiger partial charge in [0.25, 0.3) is 5.91 Å². The third kappa shape index (κ3) is 2.36. The highest BCUT2D eigenvalue weighted by Gasteiger charge is 2.56. The standard InChI is InChI=1S/C15H17N3O5/c1-16-13(21)17-10-2-3-11-9(8-10)4-5-15(11)12(20)18(6-7-19)14(22)23-15/h2-3,7-8,14,22H,4-6H2,1H3,(H2,16,17,21)/t14?,15-/m1/s1. The van der Waals surface area contributed by atoms with Crippen LogP contribution in [-0.4, -0.2) is 48.2 Å². The van der Waals surface area contributed by atoms with Gasteiger partial charge in [-0.25, -0.2) is 4.79 Å². The van der Waals surface area contributed by atoms with Gasteiger partial charge >= 0.3 is 6.03 Å². The summed E-state index contributed by atoms with van der Waals surface area (Å²) < 4.78 is 5.53. The van der Waals surface area contributed by atoms with Crippen LogP contribution in [0.3, 0.4) is 0 Å². The van der Waals surface area contributed by atoms with Crippen molar-refractivity contribution in [3.63, 3.8) is 0 Å². The van der Waals surface area contributed by atoms with E-state index in [-0.39, 0.29) is 12.6 Å². The zero-order chi connectivity index (χ0) is 16.6. The van der Waals surface area contributed by atoms with Crippen LogP contribution in [-0.2, 0) is 26.3 Å². The van der Waals surface area contributed by atoms with Crippen molar-refractivity contribution in [3.8, 4) is 0 Å². The molecular formula is C15H17N3O5. The summed E-state index contributed by atoms with van der Waals surface area (Å²) in [6.07, 6.45) is 0.0842. The maximum absolute atomic E-state index is 12.6. The fraction of sp³-hybridized carbons (Fsp3) is 0.400. The van der Waals surface area contributed by atoms with Gasteiger partial charge in [0.15, 0.2) is 5.60 Å². The van der Waals surface area contributed by atoms with Gasteiger partial charge in [-0.05, 0) is 36.1 Å². The molecule has 3 rings (SSSR count). The van der Waals surface area contributed by atoms with Crippen molar-refractivity contribution >= 4 is 23.9 Å². The van der Waals surface area contributed by atoms with Gasteiger partial charge in [0.2, 0.25) is 6.41 Å². The van der Waals surface area contributed by atoms with Crippen LogP contribution in [0.1, 0.15) is 17.5 Å². The monoisotopic (exact) mass is 319 g/mol. The van der Waals surface area contributed by atoms with E-state index in [4.69, 9.17) is 4.74 Å². The van der Waals surface area contributed by atoms with Crippen LogP contribution in [0.5, 0.6) is 0 Å². The number of rotatable bonds is 3. The number of urea groups is 1. The minimum absolute atomic E-state index is 0.215. The maximum Gasteiger partial charge on any atom is 0.318 e. The Labute approximate surface area is 132 Å². The molecule has 2 aliphatic rings. The van der Waals surface area contributed by atoms with Crippen molar-refractivity contribution in [1.29, 1.82) is 0 Å². The SMILES string of the molecule is CNC(=O)Nc1ccc2c(c1)CC[C@@]21OC(O)N(CC=O)C1=O. The molecule has 1 aromatic rings. The number of aldehydes is 1. The average molecular weight is 319 g/mol. The van der Waals surface area contributed by atoms with Gasteiger partial charge in [-0.1, -0.05) is 6.07 Å². The normalized spacial score (nSPS) is 25.6. The average Bonchev–Trinajstić information content (AvgIpc) is 3.01. The number of fused-ring (bicyclic) bond motifs is 2. The van der Waals surface area contributed by atoms with E-state index in [1.807, 2.05) is 0 Å². The van der Waals surface area contributed by atoms with Crippen molar-refractivity contribution in [1.82, 2.24) is 10.2 Å². The van der Waals surface area contributed by atoms with Gasteiger partial charge in [-0.3, -0.25) is 9.69 Å². The number of carbonyl (C=O) groups is 3. The van der Waals surface area contributed by atoms with E-state index in [2.05, 4.69) is 10.6 Å². The van der Waals surface area contributed by atoms with Crippen molar-refractivity contribution in [3.05, 3.63) is 29.3 Å². The molecule has 1 aliphatic carbocycles. The van der Waals surface area contributed by atoms with Gasteiger partial charge in [0.05, 0.1) is 6.54 Å². The molecule has 1 aromatic carbocycles. The number of amides is 3. The summed E-state index contributed by atoms with van der Waals surface area (Å²) in [5.41, 5.74) is 0.893. The lowest BCUT2D eigenvalue weighted by atomic mass is 9.94. The van der Waals surface area contributed by atoms with Gasteiger partial charge in [0, 0.05) is 12.7 Å². The first kappa shape index (κ1) is 15.4. The highest BCUT2D eigenvalue weighted by molar-refractivity contribution is 5.92. The van der Waals surface area contributed by atoms with E-state index < -0.39 is 17.9 Å². The van der Waals surface area contributed by atoms with Crippen LogP contribution in [0.25, 0.3) is 0 Å². The molecule has 1 heterocycles. The molecule has 1 spiro atoms. The molecule has 8 heteroatoms. The summed E-state index contributed by atoms with van der Waals surface area (Å²) >= 11 is 0. The molecule has 1 saturated heterocycles. The predicted molar refractivity (Wildman–Crippen MR) is 79.4 cm³/mol. The Morgan fingerprint density at radius 2 is 2.35 bits per heavy atom. The number of aliphatic hydroxyl groups is 1. The molecule has 1 aliphatic heterocycles. The molecule has 8 nitrogen and oxygen atoms in total. The molecule has 3 amide bonds. The first-order chi connectivity index (χ1) is 11.0. The summed E-state index contributed by atoms with van der Waals surface area (Å²) in [7, 11) is 1.52. The molecule has 0 saturated carbocycles. The number of nitrogens with zero attached hydrogens (tertiary/aromatic N) is 1. The predicted octanol–water partition coefficient (Wildman–Crippen LogP) is -0.0870. The van der Waals surface area contributed by atoms with E-state index in [0.717, 1.165) is 10.5 Å². The second-order valence-electron chi connectivity index (χ2n) is 5.47. The molecule has 0 bridgehead atoms. The lowest BCUT2D eigenvalue weighted by molar-refractivity contribution is -0.178. The summed E-state index contributed by atoms with van der Waals surface area (Å²) in [6, 6.07) is 4.83. The van der Waals surface area contributed by atoms with Crippen LogP contribution in [0.2, 0.25) is 0 Å². The Hall–Kier alpha value is -2.45. The lowest BCUT2D eigenvalue weighted by Gasteiger charge is -2.21. The Bertz CT molecular complexity index is 677. The number of aliphatic hydroxyl groups excluding tert-OH is 1. The number of aryl methyl sites for hydroxylation is 1. The Morgan fingerprint density at radius 3 is 3.04 bits per heavy atom. The second kappa shape index (κ2) is 5.64. The van der Waals surface area contributed by atoms with Gasteiger partial charge in [0.1, 0.15) is 6.29 Å². The van der Waals surface area contributed by atoms with Crippen molar-refractivity contribution in [2.45, 2.75) is 24.9 Å². The Balaban J connectivity index is 1.92. The second-order valence-corrected chi connectivity index (χ2v) is 5.47. The third-order valence-corrected chi connectivity index (χ3v) is 4.22. The molecule has 122 valence electrons. The van der Waals surface area contributed by atoms with E-state index in [0.29, 0.717) is 30.4 Å². The molecule has 0 radical (unpaired) electrons. The fourth-order valence-corrected chi connectivity index (χ4v) is 3.14. The number of nitrogens with one attached hydrogen (secondary N) is 2. The van der Waals surface area contributed by atoms with E-state index in [1.54, 1.807) is 18.2 Å². The van der Waals surface area contributed by atoms with Crippen LogP contribution >= 0.6 is 0 Å². The van der Waals surface area contributed by atoms with Crippen LogP contribution < -0.4 is 10.6 Å². The van der Waals surface area contributed by atoms with Crippen molar-refractivity contribution < 1.29 is 24.2 Å². The van der Waals surface area contributed by atoms with Crippen LogP contribution in [0.15, 0.2) is 18.2 Å². The van der Waals surface area contributed by atoms with Gasteiger partial charge < -0.3 is 25.3 Å². The summed E-state index contributed by atoms with van der Waals surface area (Å²) in [5, 5.41) is 15.0. The zero-order valence-corrected chi connectivity index (χ0v) is 12.5. The third-order valence-electron chi connectivity index (χ3n) is 4.22. The highest BCUT2D eigenvalue weighted by atomic mass is 16.7. The number of hydrogen-bond acceptors (Lipinski definition) is 5. The number of benzene rings is 1. The highest BCUT2D eigenvalue weighted by Crippen LogP contribution is 2.46. The molecular weight excluding hydrogens is 302 g/mol. The molecule has 2 atom stereocenters. The first-order valence-corrected chi connectivity index (χ1v) is 7.24. The molecule has 0 aromatic heterocycles. The van der Waals surface area contributed by atoms with E-state index in [1.165, 1.54) is 7.05 Å². The fourth-order valence-electron chi connectivity index (χ4n) is 3.14. The molecule has 1 unspecified atom stereocenters. The number of carbonyl (C=O) groups excluding carboxylic acids is 3. The maximum atomic E-state index is 12.6. The minimum atomic E-state index is -1.43. The van der Waals surface area contributed by atoms with E-state index >= 15 is 0 Å². The molecule has 3 N–H and O–H groups in total. The Kier molecular flexibility index (Phi) is 3.78. The minimum Gasteiger partial charge on any atom is -0.351 e. The van der Waals surface area contributed by atoms with Gasteiger partial charge in [-0.2, -0.15) is 0 Å². The molecule has 1 fully saturated rings. The van der Waals surface area contributed by atoms with Crippen LogP contribution in [0.4, 0.5) is 10.5 Å². The topological polar surface area (TPSA) is 108 Å². The molecule has 23 heavy (non-hydrogen) atoms. The van der Waals surface area contributed by atoms with E-state index in [9.17, 15) is 19.5 Å². The van der Waals surface area contributed by atoms with Crippen molar-refractivity contribution in [2.75, 3.05) is 18.9 Å². The first-order valence-electron chi connectivity index (χ1n) is 7.24. The van der Waals surface area contributed by atoms with Gasteiger partial charge in [-0.15, -0.1) is 0 Å². The number of anilines is 1. The zero-order valence-electron chi connectivity index (χ0n) is 12.5. The Morgan fingerprint density at radius 1 is 1.57 bits per heavy atom. The summed E-state index contributed by atoms with van der Waals surface area (Å²) in [6.45, 7) is -0.215. The summed E-state index contributed by atoms with van der Waals surface area (Å²) in [4.78, 5) is 35.7. The quantitative estimate of drug-likeness (QED) is 0.675.